The molecule has 2 rings (SSSR count). The van der Waals surface area contributed by atoms with Crippen molar-refractivity contribution >= 4 is 11.8 Å². The van der Waals surface area contributed by atoms with E-state index in [2.05, 4.69) is 5.32 Å². The number of amides is 2. The maximum absolute atomic E-state index is 11.7. The van der Waals surface area contributed by atoms with E-state index in [-0.39, 0.29) is 18.4 Å². The van der Waals surface area contributed by atoms with E-state index in [1.807, 2.05) is 29.2 Å². The van der Waals surface area contributed by atoms with Crippen molar-refractivity contribution in [3.05, 3.63) is 35.4 Å². The molecular weight excluding hydrogens is 282 g/mol. The molecule has 1 fully saturated rings. The van der Waals surface area contributed by atoms with Gasteiger partial charge in [0.15, 0.2) is 0 Å². The van der Waals surface area contributed by atoms with Gasteiger partial charge in [-0.3, -0.25) is 9.59 Å². The van der Waals surface area contributed by atoms with Crippen molar-refractivity contribution in [2.45, 2.75) is 32.0 Å². The first-order valence-electron chi connectivity index (χ1n) is 7.48. The molecule has 1 heterocycles. The fourth-order valence-corrected chi connectivity index (χ4v) is 2.43. The molecule has 1 saturated heterocycles. The number of nitrogens with zero attached hydrogens (tertiary/aromatic N) is 1. The van der Waals surface area contributed by atoms with Crippen LogP contribution in [0, 0.1) is 0 Å². The van der Waals surface area contributed by atoms with Crippen LogP contribution >= 0.6 is 0 Å². The van der Waals surface area contributed by atoms with Crippen LogP contribution in [-0.4, -0.2) is 43.0 Å². The minimum atomic E-state index is -0.648. The lowest BCUT2D eigenvalue weighted by Crippen LogP contribution is -2.43. The molecule has 0 spiro atoms. The number of nitrogens with two attached hydrogens (primary N) is 1. The second-order valence-electron chi connectivity index (χ2n) is 5.51. The molecule has 1 aliphatic rings. The average Bonchev–Trinajstić information content (AvgIpc) is 2.91. The van der Waals surface area contributed by atoms with Gasteiger partial charge in [0.2, 0.25) is 11.8 Å². The van der Waals surface area contributed by atoms with Crippen LogP contribution < -0.4 is 11.1 Å². The fourth-order valence-electron chi connectivity index (χ4n) is 2.43. The largest absolute Gasteiger partial charge is 0.383 e. The molecule has 0 bridgehead atoms. The number of methoxy groups -OCH3 is 1. The molecule has 1 atom stereocenters. The van der Waals surface area contributed by atoms with Gasteiger partial charge in [-0.2, -0.15) is 0 Å². The summed E-state index contributed by atoms with van der Waals surface area (Å²) < 4.78 is 4.85. The van der Waals surface area contributed by atoms with E-state index in [0.717, 1.165) is 24.1 Å². The summed E-state index contributed by atoms with van der Waals surface area (Å²) in [5.74, 6) is -0.00272. The lowest BCUT2D eigenvalue weighted by Gasteiger charge is -2.16. The van der Waals surface area contributed by atoms with Crippen molar-refractivity contribution in [3.63, 3.8) is 0 Å². The number of rotatable bonds is 7. The van der Waals surface area contributed by atoms with Crippen LogP contribution in [0.5, 0.6) is 0 Å². The zero-order valence-electron chi connectivity index (χ0n) is 12.9. The maximum Gasteiger partial charge on any atom is 0.239 e. The molecule has 1 aromatic carbocycles. The predicted octanol–water partition coefficient (Wildman–Crippen LogP) is 0.399. The Hall–Kier alpha value is -1.92. The van der Waals surface area contributed by atoms with Crippen LogP contribution in [0.1, 0.15) is 24.0 Å². The van der Waals surface area contributed by atoms with Crippen molar-refractivity contribution < 1.29 is 14.3 Å². The average molecular weight is 305 g/mol. The predicted molar refractivity (Wildman–Crippen MR) is 82.8 cm³/mol. The number of hydrogen-bond acceptors (Lipinski definition) is 4. The first-order chi connectivity index (χ1) is 10.6. The fraction of sp³-hybridized carbons (Fsp3) is 0.500. The van der Waals surface area contributed by atoms with Crippen LogP contribution in [0.15, 0.2) is 24.3 Å². The molecule has 6 nitrogen and oxygen atoms in total. The molecule has 0 aliphatic carbocycles. The molecule has 6 heteroatoms. The summed E-state index contributed by atoms with van der Waals surface area (Å²) in [4.78, 5) is 25.2. The zero-order valence-corrected chi connectivity index (χ0v) is 12.9. The first kappa shape index (κ1) is 16.5. The van der Waals surface area contributed by atoms with E-state index >= 15 is 0 Å². The summed E-state index contributed by atoms with van der Waals surface area (Å²) in [7, 11) is 1.51. The van der Waals surface area contributed by atoms with E-state index in [9.17, 15) is 9.59 Å². The van der Waals surface area contributed by atoms with Crippen molar-refractivity contribution in [1.29, 1.82) is 0 Å². The number of likely N-dealkylation sites (tertiary alicyclic amines) is 1. The Labute approximate surface area is 130 Å². The van der Waals surface area contributed by atoms with E-state index < -0.39 is 6.04 Å². The van der Waals surface area contributed by atoms with Gasteiger partial charge in [-0.25, -0.2) is 0 Å². The Kier molecular flexibility index (Phi) is 5.91. The summed E-state index contributed by atoms with van der Waals surface area (Å²) in [5.41, 5.74) is 7.74. The highest BCUT2D eigenvalue weighted by atomic mass is 16.5. The third-order valence-corrected chi connectivity index (χ3v) is 3.72. The third-order valence-electron chi connectivity index (χ3n) is 3.72. The Morgan fingerprint density at radius 3 is 2.64 bits per heavy atom. The van der Waals surface area contributed by atoms with Gasteiger partial charge >= 0.3 is 0 Å². The monoisotopic (exact) mass is 305 g/mol. The molecule has 1 aromatic rings. The minimum Gasteiger partial charge on any atom is -0.383 e. The van der Waals surface area contributed by atoms with Gasteiger partial charge in [0.05, 0.1) is 6.61 Å². The van der Waals surface area contributed by atoms with E-state index in [1.54, 1.807) is 0 Å². The highest BCUT2D eigenvalue weighted by Crippen LogP contribution is 2.14. The molecule has 0 aromatic heterocycles. The lowest BCUT2D eigenvalue weighted by atomic mass is 10.1. The van der Waals surface area contributed by atoms with Crippen LogP contribution in [0.25, 0.3) is 0 Å². The summed E-state index contributed by atoms with van der Waals surface area (Å²) in [6.07, 6.45) is 1.61. The van der Waals surface area contributed by atoms with Gasteiger partial charge in [-0.1, -0.05) is 24.3 Å². The van der Waals surface area contributed by atoms with Crippen LogP contribution in [0.4, 0.5) is 0 Å². The van der Waals surface area contributed by atoms with Gasteiger partial charge in [0, 0.05) is 33.2 Å². The Morgan fingerprint density at radius 2 is 2.05 bits per heavy atom. The van der Waals surface area contributed by atoms with Crippen molar-refractivity contribution in [3.8, 4) is 0 Å². The normalized spacial score (nSPS) is 15.9. The van der Waals surface area contributed by atoms with Crippen molar-refractivity contribution in [2.24, 2.45) is 5.73 Å². The summed E-state index contributed by atoms with van der Waals surface area (Å²) in [5, 5.41) is 2.77. The van der Waals surface area contributed by atoms with Crippen LogP contribution in [0.3, 0.4) is 0 Å². The van der Waals surface area contributed by atoms with Crippen LogP contribution in [0.2, 0.25) is 0 Å². The number of carbonyl (C=O) groups excluding carboxylic acids is 2. The molecule has 1 unspecified atom stereocenters. The molecular formula is C16H23N3O3. The summed E-state index contributed by atoms with van der Waals surface area (Å²) in [6.45, 7) is 2.13. The highest BCUT2D eigenvalue weighted by Gasteiger charge is 2.19. The first-order valence-corrected chi connectivity index (χ1v) is 7.48. The summed E-state index contributed by atoms with van der Waals surface area (Å²) in [6, 6.07) is 7.24. The smallest absolute Gasteiger partial charge is 0.239 e. The Morgan fingerprint density at radius 1 is 1.36 bits per heavy atom. The van der Waals surface area contributed by atoms with Crippen molar-refractivity contribution in [2.75, 3.05) is 20.3 Å². The number of nitrogens with one attached hydrogen (secondary N) is 1. The summed E-state index contributed by atoms with van der Waals surface area (Å²) >= 11 is 0. The Bertz CT molecular complexity index is 516. The van der Waals surface area contributed by atoms with Crippen LogP contribution in [-0.2, 0) is 27.4 Å². The van der Waals surface area contributed by atoms with Gasteiger partial charge in [0.25, 0.3) is 0 Å². The van der Waals surface area contributed by atoms with E-state index in [0.29, 0.717) is 19.5 Å². The van der Waals surface area contributed by atoms with Gasteiger partial charge < -0.3 is 20.7 Å². The standard InChI is InChI=1S/C16H23N3O3/c1-22-11-14(17)16(21)18-9-12-4-6-13(7-5-12)10-19-8-2-3-15(19)20/h4-7,14H,2-3,8-11,17H2,1H3,(H,18,21). The number of carbonyl (C=O) groups is 2. The number of benzene rings is 1. The SMILES string of the molecule is COCC(N)C(=O)NCc1ccc(CN2CCCC2=O)cc1. The molecule has 1 aliphatic heterocycles. The molecule has 0 saturated carbocycles. The maximum atomic E-state index is 11.7. The zero-order chi connectivity index (χ0) is 15.9. The Balaban J connectivity index is 1.81. The molecule has 3 N–H and O–H groups in total. The molecule has 120 valence electrons. The second-order valence-corrected chi connectivity index (χ2v) is 5.51. The third kappa shape index (κ3) is 4.54. The quantitative estimate of drug-likeness (QED) is 0.763. The van der Waals surface area contributed by atoms with E-state index in [4.69, 9.17) is 10.5 Å². The van der Waals surface area contributed by atoms with Gasteiger partial charge in [-0.05, 0) is 17.5 Å². The topological polar surface area (TPSA) is 84.7 Å². The lowest BCUT2D eigenvalue weighted by molar-refractivity contribution is -0.128. The molecule has 0 radical (unpaired) electrons. The number of ether oxygens (including phenoxy) is 1. The highest BCUT2D eigenvalue weighted by molar-refractivity contribution is 5.81. The molecule has 2 amide bonds. The number of hydrogen-bond donors (Lipinski definition) is 2. The van der Waals surface area contributed by atoms with Crippen molar-refractivity contribution in [1.82, 2.24) is 10.2 Å². The van der Waals surface area contributed by atoms with Gasteiger partial charge in [-0.15, -0.1) is 0 Å². The molecule has 22 heavy (non-hydrogen) atoms. The second kappa shape index (κ2) is 7.91. The minimum absolute atomic E-state index is 0.203. The van der Waals surface area contributed by atoms with E-state index in [1.165, 1.54) is 7.11 Å². The van der Waals surface area contributed by atoms with Gasteiger partial charge in [0.1, 0.15) is 6.04 Å².